The van der Waals surface area contributed by atoms with Crippen molar-refractivity contribution in [2.45, 2.75) is 39.0 Å². The highest BCUT2D eigenvalue weighted by Gasteiger charge is 2.28. The van der Waals surface area contributed by atoms with Crippen LogP contribution in [0.1, 0.15) is 44.6 Å². The van der Waals surface area contributed by atoms with Gasteiger partial charge in [-0.05, 0) is 29.6 Å². The fraction of sp³-hybridized carbons (Fsp3) is 0.588. The lowest BCUT2D eigenvalue weighted by atomic mass is 9.85. The van der Waals surface area contributed by atoms with Crippen LogP contribution in [-0.2, 0) is 4.79 Å². The second-order valence-electron chi connectivity index (χ2n) is 6.54. The van der Waals surface area contributed by atoms with E-state index in [1.54, 1.807) is 0 Å². The Bertz CT molecular complexity index is 444. The second-order valence-corrected chi connectivity index (χ2v) is 6.91. The minimum Gasteiger partial charge on any atom is -0.342 e. The van der Waals surface area contributed by atoms with E-state index < -0.39 is 0 Å². The molecular weight excluding hydrogens is 266 g/mol. The van der Waals surface area contributed by atoms with Crippen molar-refractivity contribution in [1.29, 1.82) is 0 Å². The van der Waals surface area contributed by atoms with Gasteiger partial charge in [-0.3, -0.25) is 4.79 Å². The second kappa shape index (κ2) is 6.66. The molecule has 0 saturated carbocycles. The zero-order valence-electron chi connectivity index (χ0n) is 12.5. The van der Waals surface area contributed by atoms with Crippen molar-refractivity contribution in [2.24, 2.45) is 5.41 Å². The molecule has 0 spiro atoms. The molecule has 0 radical (unpaired) electrons. The number of thiol groups is 1. The van der Waals surface area contributed by atoms with Gasteiger partial charge in [0.2, 0.25) is 5.91 Å². The third kappa shape index (κ3) is 4.02. The SMILES string of the molecule is CC1(C)CCC(=O)N(CC(CS)c2ccccc2)CC1. The molecule has 1 aromatic carbocycles. The average molecular weight is 291 g/mol. The maximum absolute atomic E-state index is 12.3. The molecule has 0 aromatic heterocycles. The molecule has 1 unspecified atom stereocenters. The first kappa shape index (κ1) is 15.4. The molecule has 2 nitrogen and oxygen atoms in total. The third-order valence-electron chi connectivity index (χ3n) is 4.36. The number of amides is 1. The summed E-state index contributed by atoms with van der Waals surface area (Å²) in [6, 6.07) is 10.4. The van der Waals surface area contributed by atoms with Crippen molar-refractivity contribution < 1.29 is 4.79 Å². The zero-order chi connectivity index (χ0) is 14.6. The van der Waals surface area contributed by atoms with Crippen LogP contribution >= 0.6 is 12.6 Å². The Hall–Kier alpha value is -0.960. The van der Waals surface area contributed by atoms with Gasteiger partial charge in [0.1, 0.15) is 0 Å². The van der Waals surface area contributed by atoms with Gasteiger partial charge in [-0.1, -0.05) is 44.2 Å². The maximum atomic E-state index is 12.3. The molecule has 1 aliphatic rings. The average Bonchev–Trinajstić information content (AvgIpc) is 2.58. The first-order valence-electron chi connectivity index (χ1n) is 7.45. The summed E-state index contributed by atoms with van der Waals surface area (Å²) in [6.45, 7) is 6.19. The van der Waals surface area contributed by atoms with Crippen LogP contribution in [0.2, 0.25) is 0 Å². The molecule has 3 heteroatoms. The monoisotopic (exact) mass is 291 g/mol. The van der Waals surface area contributed by atoms with Gasteiger partial charge >= 0.3 is 0 Å². The number of carbonyl (C=O) groups excluding carboxylic acids is 1. The number of likely N-dealkylation sites (tertiary alicyclic amines) is 1. The summed E-state index contributed by atoms with van der Waals surface area (Å²) in [5, 5.41) is 0. The third-order valence-corrected chi connectivity index (χ3v) is 4.80. The van der Waals surface area contributed by atoms with E-state index in [0.717, 1.165) is 31.7 Å². The molecule has 1 aromatic rings. The lowest BCUT2D eigenvalue weighted by molar-refractivity contribution is -0.130. The molecule has 1 amide bonds. The van der Waals surface area contributed by atoms with Gasteiger partial charge in [-0.2, -0.15) is 12.6 Å². The maximum Gasteiger partial charge on any atom is 0.222 e. The Labute approximate surface area is 128 Å². The molecule has 2 rings (SSSR count). The predicted molar refractivity (Wildman–Crippen MR) is 87.2 cm³/mol. The highest BCUT2D eigenvalue weighted by atomic mass is 32.1. The molecule has 110 valence electrons. The molecule has 1 saturated heterocycles. The van der Waals surface area contributed by atoms with E-state index in [4.69, 9.17) is 0 Å². The number of hydrogen-bond donors (Lipinski definition) is 1. The number of nitrogens with zero attached hydrogens (tertiary/aromatic N) is 1. The molecule has 0 bridgehead atoms. The summed E-state index contributed by atoms with van der Waals surface area (Å²) in [4.78, 5) is 14.3. The molecule has 1 aliphatic heterocycles. The Kier molecular flexibility index (Phi) is 5.14. The summed E-state index contributed by atoms with van der Waals surface area (Å²) in [7, 11) is 0. The number of hydrogen-bond acceptors (Lipinski definition) is 2. The van der Waals surface area contributed by atoms with Crippen LogP contribution in [0.4, 0.5) is 0 Å². The minimum atomic E-state index is 0.285. The van der Waals surface area contributed by atoms with Gasteiger partial charge in [-0.15, -0.1) is 0 Å². The number of rotatable bonds is 4. The molecule has 0 N–H and O–H groups in total. The fourth-order valence-electron chi connectivity index (χ4n) is 2.74. The number of carbonyl (C=O) groups is 1. The fourth-order valence-corrected chi connectivity index (χ4v) is 3.07. The van der Waals surface area contributed by atoms with Gasteiger partial charge < -0.3 is 4.90 Å². The van der Waals surface area contributed by atoms with Crippen molar-refractivity contribution in [2.75, 3.05) is 18.8 Å². The van der Waals surface area contributed by atoms with Crippen molar-refractivity contribution in [1.82, 2.24) is 4.90 Å². The van der Waals surface area contributed by atoms with Crippen LogP contribution in [0.25, 0.3) is 0 Å². The van der Waals surface area contributed by atoms with E-state index in [1.165, 1.54) is 5.56 Å². The van der Waals surface area contributed by atoms with Crippen molar-refractivity contribution in [3.05, 3.63) is 35.9 Å². The van der Waals surface area contributed by atoms with Crippen LogP contribution < -0.4 is 0 Å². The van der Waals surface area contributed by atoms with Crippen molar-refractivity contribution in [3.8, 4) is 0 Å². The molecule has 1 atom stereocenters. The van der Waals surface area contributed by atoms with Gasteiger partial charge in [0.25, 0.3) is 0 Å². The normalized spacial score (nSPS) is 20.6. The Morgan fingerprint density at radius 1 is 1.25 bits per heavy atom. The molecular formula is C17H25NOS. The van der Waals surface area contributed by atoms with Crippen molar-refractivity contribution in [3.63, 3.8) is 0 Å². The summed E-state index contributed by atoms with van der Waals surface area (Å²) >= 11 is 4.48. The predicted octanol–water partition coefficient (Wildman–Crippen LogP) is 3.74. The Balaban J connectivity index is 2.05. The minimum absolute atomic E-state index is 0.285. The largest absolute Gasteiger partial charge is 0.342 e. The summed E-state index contributed by atoms with van der Waals surface area (Å²) in [5.74, 6) is 1.40. The van der Waals surface area contributed by atoms with Gasteiger partial charge in [0.05, 0.1) is 0 Å². The zero-order valence-corrected chi connectivity index (χ0v) is 13.4. The summed E-state index contributed by atoms with van der Waals surface area (Å²) < 4.78 is 0. The quantitative estimate of drug-likeness (QED) is 0.838. The summed E-state index contributed by atoms with van der Waals surface area (Å²) in [5.41, 5.74) is 1.56. The van der Waals surface area contributed by atoms with Crippen LogP contribution in [0.5, 0.6) is 0 Å². The van der Waals surface area contributed by atoms with Gasteiger partial charge in [0, 0.05) is 25.4 Å². The van der Waals surface area contributed by atoms with E-state index in [-0.39, 0.29) is 5.41 Å². The van der Waals surface area contributed by atoms with Gasteiger partial charge in [0.15, 0.2) is 0 Å². The lowest BCUT2D eigenvalue weighted by Gasteiger charge is -2.27. The first-order chi connectivity index (χ1) is 9.52. The van der Waals surface area contributed by atoms with E-state index >= 15 is 0 Å². The highest BCUT2D eigenvalue weighted by Crippen LogP contribution is 2.31. The van der Waals surface area contributed by atoms with Crippen molar-refractivity contribution >= 4 is 18.5 Å². The standard InChI is InChI=1S/C17H25NOS/c1-17(2)9-8-16(19)18(11-10-17)12-15(13-20)14-6-4-3-5-7-14/h3-7,15,20H,8-13H2,1-2H3. The molecule has 1 heterocycles. The first-order valence-corrected chi connectivity index (χ1v) is 8.09. The van der Waals surface area contributed by atoms with Gasteiger partial charge in [-0.25, -0.2) is 0 Å². The van der Waals surface area contributed by atoms with E-state index in [0.29, 0.717) is 18.2 Å². The van der Waals surface area contributed by atoms with Crippen LogP contribution in [-0.4, -0.2) is 29.6 Å². The number of benzene rings is 1. The Morgan fingerprint density at radius 2 is 1.95 bits per heavy atom. The van der Waals surface area contributed by atoms with E-state index in [1.807, 2.05) is 11.0 Å². The Morgan fingerprint density at radius 3 is 2.60 bits per heavy atom. The summed E-state index contributed by atoms with van der Waals surface area (Å²) in [6.07, 6.45) is 2.77. The highest BCUT2D eigenvalue weighted by molar-refractivity contribution is 7.80. The van der Waals surface area contributed by atoms with E-state index in [2.05, 4.69) is 50.7 Å². The molecule has 0 aliphatic carbocycles. The smallest absolute Gasteiger partial charge is 0.222 e. The van der Waals surface area contributed by atoms with Crippen LogP contribution in [0.3, 0.4) is 0 Å². The van der Waals surface area contributed by atoms with Crippen LogP contribution in [0.15, 0.2) is 30.3 Å². The molecule has 1 fully saturated rings. The van der Waals surface area contributed by atoms with E-state index in [9.17, 15) is 4.79 Å². The molecule has 20 heavy (non-hydrogen) atoms. The topological polar surface area (TPSA) is 20.3 Å². The lowest BCUT2D eigenvalue weighted by Crippen LogP contribution is -2.35. The van der Waals surface area contributed by atoms with Crippen LogP contribution in [0, 0.1) is 5.41 Å².